The van der Waals surface area contributed by atoms with Gasteiger partial charge in [0.05, 0.1) is 12.5 Å². The molecule has 68 valence electrons. The molecular formula is C8H8N2O2S. The quantitative estimate of drug-likeness (QED) is 0.806. The van der Waals surface area contributed by atoms with Crippen LogP contribution in [-0.4, -0.2) is 14.7 Å². The van der Waals surface area contributed by atoms with Gasteiger partial charge in [-0.25, -0.2) is 0 Å². The third kappa shape index (κ3) is 1.93. The molecule has 0 spiro atoms. The molecule has 1 atom stereocenters. The molecule has 0 aromatic carbocycles. The Labute approximate surface area is 79.0 Å². The van der Waals surface area contributed by atoms with Crippen molar-refractivity contribution in [2.75, 3.05) is 0 Å². The highest BCUT2D eigenvalue weighted by molar-refractivity contribution is 7.03. The first-order valence-corrected chi connectivity index (χ1v) is 4.66. The van der Waals surface area contributed by atoms with E-state index in [-0.39, 0.29) is 0 Å². The second kappa shape index (κ2) is 3.68. The molecule has 0 fully saturated rings. The van der Waals surface area contributed by atoms with Crippen LogP contribution in [0.2, 0.25) is 0 Å². The average Bonchev–Trinajstić information content (AvgIpc) is 2.74. The molecule has 0 aliphatic carbocycles. The molecule has 1 N–H and O–H groups in total. The molecule has 0 amide bonds. The largest absolute Gasteiger partial charge is 0.472 e. The van der Waals surface area contributed by atoms with Crippen LogP contribution in [0.25, 0.3) is 0 Å². The number of furan rings is 1. The van der Waals surface area contributed by atoms with Gasteiger partial charge in [0.1, 0.15) is 11.8 Å². The number of hydrogen-bond donors (Lipinski definition) is 1. The van der Waals surface area contributed by atoms with Crippen molar-refractivity contribution in [3.05, 3.63) is 35.2 Å². The Morgan fingerprint density at radius 2 is 2.54 bits per heavy atom. The molecule has 13 heavy (non-hydrogen) atoms. The third-order valence-corrected chi connectivity index (χ3v) is 2.25. The van der Waals surface area contributed by atoms with Crippen molar-refractivity contribution >= 4 is 11.5 Å². The van der Waals surface area contributed by atoms with E-state index >= 15 is 0 Å². The zero-order valence-corrected chi connectivity index (χ0v) is 7.57. The van der Waals surface area contributed by atoms with Gasteiger partial charge in [-0.3, -0.25) is 0 Å². The second-order valence-corrected chi connectivity index (χ2v) is 3.29. The second-order valence-electron chi connectivity index (χ2n) is 2.68. The van der Waals surface area contributed by atoms with E-state index in [9.17, 15) is 5.11 Å². The minimum Gasteiger partial charge on any atom is -0.472 e. The number of aromatic nitrogens is 2. The lowest BCUT2D eigenvalue weighted by molar-refractivity contribution is 0.173. The molecule has 2 heterocycles. The lowest BCUT2D eigenvalue weighted by Crippen LogP contribution is -2.01. The Hall–Kier alpha value is -1.20. The molecular weight excluding hydrogens is 188 g/mol. The van der Waals surface area contributed by atoms with Gasteiger partial charge >= 0.3 is 0 Å². The van der Waals surface area contributed by atoms with Crippen molar-refractivity contribution in [3.63, 3.8) is 0 Å². The smallest absolute Gasteiger partial charge is 0.104 e. The number of aliphatic hydroxyl groups excluding tert-OH is 1. The lowest BCUT2D eigenvalue weighted by Gasteiger charge is -2.03. The van der Waals surface area contributed by atoms with Gasteiger partial charge in [0.2, 0.25) is 0 Å². The summed E-state index contributed by atoms with van der Waals surface area (Å²) >= 11 is 1.24. The van der Waals surface area contributed by atoms with E-state index in [2.05, 4.69) is 9.59 Å². The van der Waals surface area contributed by atoms with E-state index in [4.69, 9.17) is 4.42 Å². The zero-order chi connectivity index (χ0) is 9.10. The highest BCUT2D eigenvalue weighted by atomic mass is 32.1. The first kappa shape index (κ1) is 8.40. The summed E-state index contributed by atoms with van der Waals surface area (Å²) in [4.78, 5) is 0. The standard InChI is InChI=1S/C8H8N2O2S/c11-8(7-5-13-10-9-7)3-6-1-2-12-4-6/h1-2,4-5,8,11H,3H2. The molecule has 2 aromatic heterocycles. The van der Waals surface area contributed by atoms with Crippen LogP contribution in [0.15, 0.2) is 28.4 Å². The van der Waals surface area contributed by atoms with Crippen LogP contribution in [0.1, 0.15) is 17.4 Å². The van der Waals surface area contributed by atoms with Crippen molar-refractivity contribution in [3.8, 4) is 0 Å². The van der Waals surface area contributed by atoms with Gasteiger partial charge in [0.15, 0.2) is 0 Å². The van der Waals surface area contributed by atoms with E-state index in [1.165, 1.54) is 11.5 Å². The lowest BCUT2D eigenvalue weighted by atomic mass is 10.1. The van der Waals surface area contributed by atoms with Gasteiger partial charge in [0.25, 0.3) is 0 Å². The van der Waals surface area contributed by atoms with Gasteiger partial charge in [0, 0.05) is 11.8 Å². The molecule has 0 aliphatic rings. The maximum Gasteiger partial charge on any atom is 0.104 e. The SMILES string of the molecule is OC(Cc1ccoc1)c1csnn1. The highest BCUT2D eigenvalue weighted by Crippen LogP contribution is 2.16. The summed E-state index contributed by atoms with van der Waals surface area (Å²) in [6, 6.07) is 1.82. The predicted octanol–water partition coefficient (Wildman–Crippen LogP) is 1.41. The van der Waals surface area contributed by atoms with Crippen molar-refractivity contribution in [2.24, 2.45) is 0 Å². The molecule has 0 radical (unpaired) electrons. The Balaban J connectivity index is 2.04. The van der Waals surface area contributed by atoms with Crippen molar-refractivity contribution < 1.29 is 9.52 Å². The molecule has 0 aliphatic heterocycles. The van der Waals surface area contributed by atoms with Crippen molar-refractivity contribution in [2.45, 2.75) is 12.5 Å². The van der Waals surface area contributed by atoms with E-state index < -0.39 is 6.10 Å². The van der Waals surface area contributed by atoms with Gasteiger partial charge in [-0.15, -0.1) is 5.10 Å². The summed E-state index contributed by atoms with van der Waals surface area (Å²) in [5.41, 5.74) is 1.58. The van der Waals surface area contributed by atoms with Gasteiger partial charge in [-0.05, 0) is 23.2 Å². The summed E-state index contributed by atoms with van der Waals surface area (Å²) in [5, 5.41) is 15.2. The van der Waals surface area contributed by atoms with Crippen LogP contribution in [0.4, 0.5) is 0 Å². The first-order chi connectivity index (χ1) is 6.36. The van der Waals surface area contributed by atoms with Gasteiger partial charge < -0.3 is 9.52 Å². The van der Waals surface area contributed by atoms with Crippen LogP contribution in [-0.2, 0) is 6.42 Å². The van der Waals surface area contributed by atoms with Crippen LogP contribution in [0.5, 0.6) is 0 Å². The zero-order valence-electron chi connectivity index (χ0n) is 6.75. The molecule has 2 rings (SSSR count). The number of hydrogen-bond acceptors (Lipinski definition) is 5. The highest BCUT2D eigenvalue weighted by Gasteiger charge is 2.11. The topological polar surface area (TPSA) is 59.2 Å². The fourth-order valence-electron chi connectivity index (χ4n) is 1.05. The summed E-state index contributed by atoms with van der Waals surface area (Å²) in [7, 11) is 0. The summed E-state index contributed by atoms with van der Waals surface area (Å²) < 4.78 is 8.57. The fraction of sp³-hybridized carbons (Fsp3) is 0.250. The normalized spacial score (nSPS) is 13.0. The average molecular weight is 196 g/mol. The minimum atomic E-state index is -0.587. The molecule has 5 heteroatoms. The number of rotatable bonds is 3. The van der Waals surface area contributed by atoms with Crippen LogP contribution < -0.4 is 0 Å². The Morgan fingerprint density at radius 3 is 3.15 bits per heavy atom. The molecule has 1 unspecified atom stereocenters. The first-order valence-electron chi connectivity index (χ1n) is 3.82. The van der Waals surface area contributed by atoms with E-state index in [1.54, 1.807) is 17.9 Å². The Morgan fingerprint density at radius 1 is 1.62 bits per heavy atom. The maximum atomic E-state index is 9.64. The van der Waals surface area contributed by atoms with Crippen LogP contribution in [0.3, 0.4) is 0 Å². The molecule has 0 saturated heterocycles. The van der Waals surface area contributed by atoms with Gasteiger partial charge in [-0.2, -0.15) is 0 Å². The van der Waals surface area contributed by atoms with Crippen LogP contribution in [0, 0.1) is 0 Å². The molecule has 4 nitrogen and oxygen atoms in total. The fourth-order valence-corrected chi connectivity index (χ4v) is 1.55. The molecule has 2 aromatic rings. The van der Waals surface area contributed by atoms with E-state index in [1.807, 2.05) is 6.07 Å². The summed E-state index contributed by atoms with van der Waals surface area (Å²) in [6.45, 7) is 0. The van der Waals surface area contributed by atoms with Crippen LogP contribution >= 0.6 is 11.5 Å². The monoisotopic (exact) mass is 196 g/mol. The summed E-state index contributed by atoms with van der Waals surface area (Å²) in [6.07, 6.45) is 3.13. The third-order valence-electron chi connectivity index (χ3n) is 1.73. The van der Waals surface area contributed by atoms with E-state index in [0.29, 0.717) is 12.1 Å². The Kier molecular flexibility index (Phi) is 2.37. The van der Waals surface area contributed by atoms with Crippen molar-refractivity contribution in [1.29, 1.82) is 0 Å². The van der Waals surface area contributed by atoms with E-state index in [0.717, 1.165) is 5.56 Å². The minimum absolute atomic E-state index is 0.516. The molecule has 0 bridgehead atoms. The number of aliphatic hydroxyl groups is 1. The maximum absolute atomic E-state index is 9.64. The molecule has 0 saturated carbocycles. The van der Waals surface area contributed by atoms with Gasteiger partial charge in [-0.1, -0.05) is 4.49 Å². The predicted molar refractivity (Wildman–Crippen MR) is 47.3 cm³/mol. The summed E-state index contributed by atoms with van der Waals surface area (Å²) in [5.74, 6) is 0. The number of nitrogens with zero attached hydrogens (tertiary/aromatic N) is 2. The van der Waals surface area contributed by atoms with Crippen molar-refractivity contribution in [1.82, 2.24) is 9.59 Å². The Bertz CT molecular complexity index is 344.